The number of nitrogens with zero attached hydrogens (tertiary/aromatic N) is 1. The van der Waals surface area contributed by atoms with Crippen molar-refractivity contribution in [3.8, 4) is 0 Å². The maximum atomic E-state index is 11.5. The van der Waals surface area contributed by atoms with Crippen LogP contribution in [0.4, 0.5) is 0 Å². The minimum Gasteiger partial charge on any atom is -0.375 e. The van der Waals surface area contributed by atoms with E-state index in [1.807, 2.05) is 13.8 Å². The van der Waals surface area contributed by atoms with Gasteiger partial charge >= 0.3 is 0 Å². The summed E-state index contributed by atoms with van der Waals surface area (Å²) in [5.41, 5.74) is 0. The van der Waals surface area contributed by atoms with Gasteiger partial charge in [-0.2, -0.15) is 0 Å². The zero-order valence-corrected chi connectivity index (χ0v) is 13.7. The van der Waals surface area contributed by atoms with E-state index in [4.69, 9.17) is 4.74 Å². The lowest BCUT2D eigenvalue weighted by Crippen LogP contribution is -2.44. The monoisotopic (exact) mass is 284 g/mol. The zero-order chi connectivity index (χ0) is 15.0. The van der Waals surface area contributed by atoms with Crippen molar-refractivity contribution in [3.05, 3.63) is 0 Å². The van der Waals surface area contributed by atoms with Gasteiger partial charge in [-0.3, -0.25) is 9.69 Å². The van der Waals surface area contributed by atoms with Gasteiger partial charge in [0.15, 0.2) is 0 Å². The van der Waals surface area contributed by atoms with Crippen LogP contribution in [-0.2, 0) is 9.53 Å². The molecule has 0 aromatic heterocycles. The summed E-state index contributed by atoms with van der Waals surface area (Å²) in [6.45, 7) is 13.2. The Morgan fingerprint density at radius 1 is 1.35 bits per heavy atom. The van der Waals surface area contributed by atoms with Gasteiger partial charge in [0.2, 0.25) is 5.91 Å². The molecule has 4 heteroatoms. The van der Waals surface area contributed by atoms with Crippen LogP contribution in [0.3, 0.4) is 0 Å². The molecular formula is C16H32N2O2. The number of amides is 1. The van der Waals surface area contributed by atoms with Crippen LogP contribution in [-0.4, -0.2) is 49.7 Å². The Balaban J connectivity index is 2.15. The highest BCUT2D eigenvalue weighted by molar-refractivity contribution is 5.77. The van der Waals surface area contributed by atoms with Crippen molar-refractivity contribution in [3.63, 3.8) is 0 Å². The maximum Gasteiger partial charge on any atom is 0.222 e. The van der Waals surface area contributed by atoms with Crippen LogP contribution >= 0.6 is 0 Å². The Hall–Kier alpha value is -0.610. The number of nitrogens with one attached hydrogen (secondary N) is 1. The normalized spacial score (nSPS) is 20.6. The van der Waals surface area contributed by atoms with Crippen molar-refractivity contribution >= 4 is 5.91 Å². The molecule has 0 saturated carbocycles. The van der Waals surface area contributed by atoms with Crippen LogP contribution in [0.25, 0.3) is 0 Å². The van der Waals surface area contributed by atoms with E-state index in [9.17, 15) is 4.79 Å². The number of rotatable bonds is 8. The van der Waals surface area contributed by atoms with Gasteiger partial charge in [0.05, 0.1) is 12.7 Å². The van der Waals surface area contributed by atoms with Gasteiger partial charge in [-0.25, -0.2) is 0 Å². The maximum absolute atomic E-state index is 11.5. The average Bonchev–Trinajstić information content (AvgIpc) is 2.38. The van der Waals surface area contributed by atoms with Crippen molar-refractivity contribution < 1.29 is 9.53 Å². The standard InChI is InChI=1S/C16H32N2O2/c1-13(2)6-5-9-18-10-11-20-15(12-18)7-8-17-16(19)14(3)4/h13-15H,5-12H2,1-4H3,(H,17,19)/t15-/m1/s1. The van der Waals surface area contributed by atoms with E-state index in [2.05, 4.69) is 24.1 Å². The molecule has 1 heterocycles. The quantitative estimate of drug-likeness (QED) is 0.743. The molecule has 0 bridgehead atoms. The number of carbonyl (C=O) groups excluding carboxylic acids is 1. The summed E-state index contributed by atoms with van der Waals surface area (Å²) in [5.74, 6) is 0.988. The topological polar surface area (TPSA) is 41.6 Å². The van der Waals surface area contributed by atoms with Gasteiger partial charge in [-0.05, 0) is 31.7 Å². The van der Waals surface area contributed by atoms with Crippen LogP contribution in [0, 0.1) is 11.8 Å². The van der Waals surface area contributed by atoms with Gasteiger partial charge in [0.1, 0.15) is 0 Å². The van der Waals surface area contributed by atoms with Crippen LogP contribution in [0.15, 0.2) is 0 Å². The Morgan fingerprint density at radius 2 is 2.10 bits per heavy atom. The largest absolute Gasteiger partial charge is 0.375 e. The summed E-state index contributed by atoms with van der Waals surface area (Å²) in [5, 5.41) is 2.96. The number of carbonyl (C=O) groups is 1. The first-order valence-electron chi connectivity index (χ1n) is 8.10. The van der Waals surface area contributed by atoms with Gasteiger partial charge in [0.25, 0.3) is 0 Å². The number of hydrogen-bond donors (Lipinski definition) is 1. The van der Waals surface area contributed by atoms with Gasteiger partial charge in [0, 0.05) is 25.6 Å². The van der Waals surface area contributed by atoms with E-state index in [1.54, 1.807) is 0 Å². The number of ether oxygens (including phenoxy) is 1. The molecule has 0 spiro atoms. The van der Waals surface area contributed by atoms with Crippen molar-refractivity contribution in [1.82, 2.24) is 10.2 Å². The predicted octanol–water partition coefficient (Wildman–Crippen LogP) is 2.29. The lowest BCUT2D eigenvalue weighted by Gasteiger charge is -2.33. The van der Waals surface area contributed by atoms with Crippen LogP contribution in [0.2, 0.25) is 0 Å². The van der Waals surface area contributed by atoms with Gasteiger partial charge in [-0.1, -0.05) is 27.7 Å². The van der Waals surface area contributed by atoms with Crippen LogP contribution < -0.4 is 5.32 Å². The molecule has 1 saturated heterocycles. The number of morpholine rings is 1. The fourth-order valence-electron chi connectivity index (χ4n) is 2.44. The van der Waals surface area contributed by atoms with E-state index in [0.717, 1.165) is 38.6 Å². The highest BCUT2D eigenvalue weighted by Gasteiger charge is 2.20. The minimum absolute atomic E-state index is 0.0646. The second-order valence-corrected chi connectivity index (χ2v) is 6.56. The summed E-state index contributed by atoms with van der Waals surface area (Å²) in [7, 11) is 0. The first-order chi connectivity index (χ1) is 9.49. The molecule has 1 aliphatic heterocycles. The van der Waals surface area contributed by atoms with E-state index in [0.29, 0.717) is 0 Å². The highest BCUT2D eigenvalue weighted by atomic mass is 16.5. The summed E-state index contributed by atoms with van der Waals surface area (Å²) >= 11 is 0. The molecule has 1 N–H and O–H groups in total. The third-order valence-corrected chi connectivity index (χ3v) is 3.77. The molecule has 0 aliphatic carbocycles. The SMILES string of the molecule is CC(C)CCCN1CCO[C@H](CCNC(=O)C(C)C)C1. The molecule has 118 valence electrons. The predicted molar refractivity (Wildman–Crippen MR) is 82.7 cm³/mol. The third-order valence-electron chi connectivity index (χ3n) is 3.77. The molecule has 1 amide bonds. The van der Waals surface area contributed by atoms with Gasteiger partial charge in [-0.15, -0.1) is 0 Å². The first kappa shape index (κ1) is 17.4. The molecule has 0 aromatic carbocycles. The third kappa shape index (κ3) is 7.25. The summed E-state index contributed by atoms with van der Waals surface area (Å²) in [6, 6.07) is 0. The Labute approximate surface area is 124 Å². The van der Waals surface area contributed by atoms with E-state index in [-0.39, 0.29) is 17.9 Å². The second kappa shape index (κ2) is 9.35. The number of hydrogen-bond acceptors (Lipinski definition) is 3. The Morgan fingerprint density at radius 3 is 2.75 bits per heavy atom. The molecule has 1 atom stereocenters. The second-order valence-electron chi connectivity index (χ2n) is 6.56. The molecule has 1 rings (SSSR count). The summed E-state index contributed by atoms with van der Waals surface area (Å²) < 4.78 is 5.78. The first-order valence-corrected chi connectivity index (χ1v) is 8.10. The average molecular weight is 284 g/mol. The van der Waals surface area contributed by atoms with Crippen molar-refractivity contribution in [2.45, 2.75) is 53.1 Å². The molecule has 20 heavy (non-hydrogen) atoms. The Kier molecular flexibility index (Phi) is 8.15. The molecule has 1 aliphatic rings. The van der Waals surface area contributed by atoms with Gasteiger partial charge < -0.3 is 10.1 Å². The van der Waals surface area contributed by atoms with Crippen LogP contribution in [0.5, 0.6) is 0 Å². The van der Waals surface area contributed by atoms with E-state index in [1.165, 1.54) is 19.4 Å². The van der Waals surface area contributed by atoms with Crippen molar-refractivity contribution in [2.24, 2.45) is 11.8 Å². The summed E-state index contributed by atoms with van der Waals surface area (Å²) in [4.78, 5) is 14.0. The molecule has 0 radical (unpaired) electrons. The highest BCUT2D eigenvalue weighted by Crippen LogP contribution is 2.11. The molecule has 0 unspecified atom stereocenters. The fraction of sp³-hybridized carbons (Fsp3) is 0.938. The molecule has 0 aromatic rings. The van der Waals surface area contributed by atoms with Crippen molar-refractivity contribution in [2.75, 3.05) is 32.8 Å². The Bertz CT molecular complexity index is 280. The fourth-order valence-corrected chi connectivity index (χ4v) is 2.44. The van der Waals surface area contributed by atoms with Crippen LogP contribution in [0.1, 0.15) is 47.0 Å². The molecule has 1 fully saturated rings. The van der Waals surface area contributed by atoms with E-state index >= 15 is 0 Å². The lowest BCUT2D eigenvalue weighted by molar-refractivity contribution is -0.124. The van der Waals surface area contributed by atoms with Crippen molar-refractivity contribution in [1.29, 1.82) is 0 Å². The smallest absolute Gasteiger partial charge is 0.222 e. The molecule has 4 nitrogen and oxygen atoms in total. The van der Waals surface area contributed by atoms with E-state index < -0.39 is 0 Å². The lowest BCUT2D eigenvalue weighted by atomic mass is 10.1. The minimum atomic E-state index is 0.0646. The zero-order valence-electron chi connectivity index (χ0n) is 13.7. The summed E-state index contributed by atoms with van der Waals surface area (Å²) in [6.07, 6.45) is 3.76. The molecular weight excluding hydrogens is 252 g/mol.